The number of halogens is 3. The van der Waals surface area contributed by atoms with Gasteiger partial charge in [-0.3, -0.25) is 0 Å². The molecule has 0 saturated heterocycles. The van der Waals surface area contributed by atoms with Crippen LogP contribution in [0.3, 0.4) is 0 Å². The Bertz CT molecular complexity index is 660. The summed E-state index contributed by atoms with van der Waals surface area (Å²) in [5.74, 6) is -2.08. The molecule has 0 aromatic heterocycles. The molecule has 0 spiro atoms. The number of carbonyl (C=O) groups is 2. The molecule has 1 aromatic carbocycles. The van der Waals surface area contributed by atoms with Crippen LogP contribution < -0.4 is 10.1 Å². The lowest BCUT2D eigenvalue weighted by molar-refractivity contribution is -0.137. The summed E-state index contributed by atoms with van der Waals surface area (Å²) in [4.78, 5) is 22.7. The highest BCUT2D eigenvalue weighted by atomic mass is 19.4. The number of esters is 1. The van der Waals surface area contributed by atoms with Crippen molar-refractivity contribution in [3.8, 4) is 5.75 Å². The number of alkyl halides is 3. The number of nitrogens with one attached hydrogen (secondary N) is 1. The zero-order valence-electron chi connectivity index (χ0n) is 11.0. The van der Waals surface area contributed by atoms with E-state index in [4.69, 9.17) is 9.84 Å². The molecular weight excluding hydrogens is 303 g/mol. The van der Waals surface area contributed by atoms with Gasteiger partial charge in [0.05, 0.1) is 16.7 Å². The van der Waals surface area contributed by atoms with E-state index in [2.05, 4.69) is 5.32 Å². The standard InChI is InChI=1S/C14H10F3NO4/c15-14(16,17)10-1-3-11(4-2-10)22-13(21)9-5-8(12(19)20)6-18-7-9/h1-4,6-7,18H,5H2,(H,19,20). The van der Waals surface area contributed by atoms with Crippen molar-refractivity contribution in [2.45, 2.75) is 12.6 Å². The molecule has 1 aliphatic heterocycles. The topological polar surface area (TPSA) is 75.6 Å². The Morgan fingerprint density at radius 2 is 1.68 bits per heavy atom. The minimum Gasteiger partial charge on any atom is -0.478 e. The van der Waals surface area contributed by atoms with Crippen LogP contribution in [0, 0.1) is 0 Å². The van der Waals surface area contributed by atoms with Gasteiger partial charge in [0.2, 0.25) is 0 Å². The van der Waals surface area contributed by atoms with Crippen LogP contribution >= 0.6 is 0 Å². The first kappa shape index (κ1) is 15.6. The first-order valence-corrected chi connectivity index (χ1v) is 6.04. The average Bonchev–Trinajstić information content (AvgIpc) is 2.47. The fourth-order valence-electron chi connectivity index (χ4n) is 1.70. The highest BCUT2D eigenvalue weighted by Gasteiger charge is 2.30. The summed E-state index contributed by atoms with van der Waals surface area (Å²) in [7, 11) is 0. The predicted octanol–water partition coefficient (Wildman–Crippen LogP) is 2.46. The summed E-state index contributed by atoms with van der Waals surface area (Å²) in [6.07, 6.45) is -2.10. The lowest BCUT2D eigenvalue weighted by Crippen LogP contribution is -2.20. The van der Waals surface area contributed by atoms with E-state index in [-0.39, 0.29) is 23.3 Å². The molecule has 0 radical (unpaired) electrons. The Kier molecular flexibility index (Phi) is 4.20. The second kappa shape index (κ2) is 5.92. The molecule has 0 saturated carbocycles. The zero-order chi connectivity index (χ0) is 16.3. The third-order valence-corrected chi connectivity index (χ3v) is 2.83. The number of benzene rings is 1. The van der Waals surface area contributed by atoms with Gasteiger partial charge >= 0.3 is 18.1 Å². The fraction of sp³-hybridized carbons (Fsp3) is 0.143. The third kappa shape index (κ3) is 3.66. The molecular formula is C14H10F3NO4. The van der Waals surface area contributed by atoms with Gasteiger partial charge in [0.15, 0.2) is 0 Å². The Balaban J connectivity index is 2.04. The van der Waals surface area contributed by atoms with Gasteiger partial charge in [-0.25, -0.2) is 9.59 Å². The van der Waals surface area contributed by atoms with E-state index in [0.717, 1.165) is 24.3 Å². The Morgan fingerprint density at radius 1 is 1.09 bits per heavy atom. The number of hydrogen-bond donors (Lipinski definition) is 2. The number of carboxylic acid groups (broad SMARTS) is 1. The van der Waals surface area contributed by atoms with Gasteiger partial charge < -0.3 is 15.2 Å². The van der Waals surface area contributed by atoms with Crippen molar-refractivity contribution in [2.75, 3.05) is 0 Å². The number of ether oxygens (including phenoxy) is 1. The van der Waals surface area contributed by atoms with Crippen molar-refractivity contribution in [1.82, 2.24) is 5.32 Å². The van der Waals surface area contributed by atoms with Crippen LogP contribution in [-0.4, -0.2) is 17.0 Å². The monoisotopic (exact) mass is 313 g/mol. The predicted molar refractivity (Wildman–Crippen MR) is 68.6 cm³/mol. The molecule has 22 heavy (non-hydrogen) atoms. The molecule has 8 heteroatoms. The van der Waals surface area contributed by atoms with E-state index in [1.165, 1.54) is 12.4 Å². The summed E-state index contributed by atoms with van der Waals surface area (Å²) in [5, 5.41) is 11.3. The maximum Gasteiger partial charge on any atom is 0.416 e. The third-order valence-electron chi connectivity index (χ3n) is 2.83. The lowest BCUT2D eigenvalue weighted by Gasteiger charge is -2.13. The molecule has 116 valence electrons. The fourth-order valence-corrected chi connectivity index (χ4v) is 1.70. The molecule has 0 aliphatic carbocycles. The first-order chi connectivity index (χ1) is 10.3. The molecule has 1 aliphatic rings. The second-order valence-corrected chi connectivity index (χ2v) is 4.40. The number of dihydropyridines is 1. The molecule has 2 N–H and O–H groups in total. The van der Waals surface area contributed by atoms with Crippen LogP contribution in [0.2, 0.25) is 0 Å². The van der Waals surface area contributed by atoms with E-state index in [0.29, 0.717) is 0 Å². The van der Waals surface area contributed by atoms with E-state index in [9.17, 15) is 22.8 Å². The minimum absolute atomic E-state index is 0.0260. The van der Waals surface area contributed by atoms with E-state index < -0.39 is 23.7 Å². The Labute approximate surface area is 122 Å². The van der Waals surface area contributed by atoms with Gasteiger partial charge in [-0.05, 0) is 24.3 Å². The van der Waals surface area contributed by atoms with Gasteiger partial charge in [0.25, 0.3) is 0 Å². The maximum absolute atomic E-state index is 12.4. The Morgan fingerprint density at radius 3 is 2.23 bits per heavy atom. The first-order valence-electron chi connectivity index (χ1n) is 6.04. The summed E-state index contributed by atoms with van der Waals surface area (Å²) in [6, 6.07) is 3.62. The van der Waals surface area contributed by atoms with Crippen molar-refractivity contribution in [2.24, 2.45) is 0 Å². The average molecular weight is 313 g/mol. The number of carbonyl (C=O) groups excluding carboxylic acids is 1. The number of hydrogen-bond acceptors (Lipinski definition) is 4. The summed E-state index contributed by atoms with van der Waals surface area (Å²) >= 11 is 0. The smallest absolute Gasteiger partial charge is 0.416 e. The van der Waals surface area contributed by atoms with Gasteiger partial charge in [0.1, 0.15) is 5.75 Å². The molecule has 2 rings (SSSR count). The van der Waals surface area contributed by atoms with Gasteiger partial charge in [-0.2, -0.15) is 13.2 Å². The van der Waals surface area contributed by atoms with Gasteiger partial charge in [-0.15, -0.1) is 0 Å². The summed E-state index contributed by atoms with van der Waals surface area (Å²) in [5.41, 5.74) is -0.830. The zero-order valence-corrected chi connectivity index (χ0v) is 11.0. The minimum atomic E-state index is -4.47. The highest BCUT2D eigenvalue weighted by Crippen LogP contribution is 2.30. The van der Waals surface area contributed by atoms with Crippen molar-refractivity contribution in [1.29, 1.82) is 0 Å². The molecule has 0 unspecified atom stereocenters. The maximum atomic E-state index is 12.4. The van der Waals surface area contributed by atoms with Crippen LogP contribution in [0.25, 0.3) is 0 Å². The summed E-state index contributed by atoms with van der Waals surface area (Å²) in [6.45, 7) is 0. The number of rotatable bonds is 3. The Hall–Kier alpha value is -2.77. The van der Waals surface area contributed by atoms with Crippen LogP contribution in [-0.2, 0) is 15.8 Å². The summed E-state index contributed by atoms with van der Waals surface area (Å²) < 4.78 is 42.1. The number of aliphatic carboxylic acids is 1. The molecule has 0 atom stereocenters. The molecule has 0 fully saturated rings. The van der Waals surface area contributed by atoms with E-state index >= 15 is 0 Å². The van der Waals surface area contributed by atoms with E-state index in [1.807, 2.05) is 0 Å². The van der Waals surface area contributed by atoms with Gasteiger partial charge in [-0.1, -0.05) is 0 Å². The SMILES string of the molecule is O=C(O)C1=CNC=C(C(=O)Oc2ccc(C(F)(F)F)cc2)C1. The van der Waals surface area contributed by atoms with Crippen LogP contribution in [0.15, 0.2) is 47.8 Å². The molecule has 0 amide bonds. The van der Waals surface area contributed by atoms with Gasteiger partial charge in [0, 0.05) is 18.8 Å². The number of carboxylic acids is 1. The molecule has 0 bridgehead atoms. The normalized spacial score (nSPS) is 14.5. The largest absolute Gasteiger partial charge is 0.478 e. The van der Waals surface area contributed by atoms with Crippen molar-refractivity contribution >= 4 is 11.9 Å². The lowest BCUT2D eigenvalue weighted by atomic mass is 10.1. The second-order valence-electron chi connectivity index (χ2n) is 4.40. The molecule has 1 aromatic rings. The highest BCUT2D eigenvalue weighted by molar-refractivity contribution is 5.95. The van der Waals surface area contributed by atoms with E-state index in [1.54, 1.807) is 0 Å². The van der Waals surface area contributed by atoms with Crippen LogP contribution in [0.5, 0.6) is 5.75 Å². The molecule has 1 heterocycles. The quantitative estimate of drug-likeness (QED) is 0.662. The van der Waals surface area contributed by atoms with Crippen molar-refractivity contribution in [3.05, 3.63) is 53.4 Å². The molecule has 5 nitrogen and oxygen atoms in total. The van der Waals surface area contributed by atoms with Crippen LogP contribution in [0.1, 0.15) is 12.0 Å². The van der Waals surface area contributed by atoms with Crippen LogP contribution in [0.4, 0.5) is 13.2 Å². The van der Waals surface area contributed by atoms with Crippen molar-refractivity contribution < 1.29 is 32.6 Å². The van der Waals surface area contributed by atoms with Crippen molar-refractivity contribution in [3.63, 3.8) is 0 Å².